The van der Waals surface area contributed by atoms with Crippen LogP contribution in [0.4, 0.5) is 0 Å². The molecule has 1 aromatic rings. The Hall–Kier alpha value is -1.61. The van der Waals surface area contributed by atoms with Crippen LogP contribution in [0.1, 0.15) is 38.4 Å². The maximum Gasteiger partial charge on any atom is 0.163 e. The third-order valence-electron chi connectivity index (χ3n) is 4.21. The fraction of sp³-hybridized carbons (Fsp3) is 0.471. The number of Topliss-reactive ketones (excluding diaryl/α,β-unsaturated/α-hetero) is 1. The molecule has 2 aliphatic rings. The van der Waals surface area contributed by atoms with Crippen LogP contribution < -0.4 is 0 Å². The van der Waals surface area contributed by atoms with Gasteiger partial charge in [-0.15, -0.1) is 0 Å². The van der Waals surface area contributed by atoms with Gasteiger partial charge in [-0.2, -0.15) is 0 Å². The Morgan fingerprint density at radius 1 is 1.25 bits per heavy atom. The van der Waals surface area contributed by atoms with Gasteiger partial charge in [-0.3, -0.25) is 4.79 Å². The molecule has 0 fully saturated rings. The fourth-order valence-electron chi connectivity index (χ4n) is 3.31. The number of ether oxygens (including phenoxy) is 1. The maximum atomic E-state index is 12.4. The zero-order valence-corrected chi connectivity index (χ0v) is 11.9. The fourth-order valence-corrected chi connectivity index (χ4v) is 3.31. The smallest absolute Gasteiger partial charge is 0.163 e. The van der Waals surface area contributed by atoms with E-state index in [1.165, 1.54) is 0 Å². The molecule has 0 radical (unpaired) electrons. The van der Waals surface area contributed by atoms with Gasteiger partial charge in [-0.1, -0.05) is 44.2 Å². The van der Waals surface area contributed by atoms with Crippen molar-refractivity contribution in [3.8, 4) is 0 Å². The van der Waals surface area contributed by atoms with Crippen molar-refractivity contribution < 1.29 is 14.6 Å². The van der Waals surface area contributed by atoms with Gasteiger partial charge in [-0.05, 0) is 11.0 Å². The number of allylic oxidation sites excluding steroid dienone is 1. The number of aliphatic hydroxyl groups is 1. The van der Waals surface area contributed by atoms with Gasteiger partial charge < -0.3 is 9.84 Å². The van der Waals surface area contributed by atoms with E-state index in [-0.39, 0.29) is 29.8 Å². The summed E-state index contributed by atoms with van der Waals surface area (Å²) in [7, 11) is 0. The van der Waals surface area contributed by atoms with E-state index < -0.39 is 0 Å². The Kier molecular flexibility index (Phi) is 3.17. The lowest BCUT2D eigenvalue weighted by atomic mass is 9.74. The highest BCUT2D eigenvalue weighted by Crippen LogP contribution is 2.49. The molecule has 0 unspecified atom stereocenters. The van der Waals surface area contributed by atoms with E-state index in [1.807, 2.05) is 30.3 Å². The summed E-state index contributed by atoms with van der Waals surface area (Å²) in [6.45, 7) is 4.12. The highest BCUT2D eigenvalue weighted by molar-refractivity contribution is 5.98. The molecule has 3 heteroatoms. The van der Waals surface area contributed by atoms with Gasteiger partial charge in [0.15, 0.2) is 5.78 Å². The number of hydrogen-bond donors (Lipinski definition) is 1. The van der Waals surface area contributed by atoms with Crippen molar-refractivity contribution in [3.63, 3.8) is 0 Å². The predicted molar refractivity (Wildman–Crippen MR) is 75.9 cm³/mol. The minimum Gasteiger partial charge on any atom is -0.489 e. The van der Waals surface area contributed by atoms with Crippen molar-refractivity contribution in [1.29, 1.82) is 0 Å². The summed E-state index contributed by atoms with van der Waals surface area (Å²) in [6, 6.07) is 9.84. The Balaban J connectivity index is 1.96. The van der Waals surface area contributed by atoms with Gasteiger partial charge in [0.25, 0.3) is 0 Å². The molecule has 20 heavy (non-hydrogen) atoms. The summed E-state index contributed by atoms with van der Waals surface area (Å²) >= 11 is 0. The Morgan fingerprint density at radius 2 is 1.95 bits per heavy atom. The van der Waals surface area contributed by atoms with Crippen molar-refractivity contribution >= 4 is 5.78 Å². The number of aliphatic hydroxyl groups excluding tert-OH is 1. The lowest BCUT2D eigenvalue weighted by Crippen LogP contribution is -2.27. The molecule has 1 aromatic carbocycles. The van der Waals surface area contributed by atoms with Crippen molar-refractivity contribution in [3.05, 3.63) is 47.2 Å². The molecule has 2 atom stereocenters. The lowest BCUT2D eigenvalue weighted by molar-refractivity contribution is -0.118. The predicted octanol–water partition coefficient (Wildman–Crippen LogP) is 3.01. The lowest BCUT2D eigenvalue weighted by Gasteiger charge is -2.29. The van der Waals surface area contributed by atoms with Crippen LogP contribution in [0.5, 0.6) is 0 Å². The van der Waals surface area contributed by atoms with Crippen molar-refractivity contribution in [1.82, 2.24) is 0 Å². The number of benzene rings is 1. The van der Waals surface area contributed by atoms with Crippen LogP contribution in [0.2, 0.25) is 0 Å². The summed E-state index contributed by atoms with van der Waals surface area (Å²) in [5, 5.41) is 9.72. The topological polar surface area (TPSA) is 46.5 Å². The van der Waals surface area contributed by atoms with Crippen LogP contribution in [0, 0.1) is 11.3 Å². The maximum absolute atomic E-state index is 12.4. The second kappa shape index (κ2) is 4.74. The van der Waals surface area contributed by atoms with Gasteiger partial charge in [-0.25, -0.2) is 0 Å². The molecular formula is C17H20O3. The van der Waals surface area contributed by atoms with E-state index in [4.69, 9.17) is 4.74 Å². The van der Waals surface area contributed by atoms with Crippen LogP contribution in [-0.4, -0.2) is 17.5 Å². The first-order valence-electron chi connectivity index (χ1n) is 7.10. The van der Waals surface area contributed by atoms with Crippen molar-refractivity contribution in [2.24, 2.45) is 11.3 Å². The zero-order valence-electron chi connectivity index (χ0n) is 11.9. The first-order valence-corrected chi connectivity index (χ1v) is 7.10. The average Bonchev–Trinajstić information content (AvgIpc) is 2.76. The number of carbonyl (C=O) groups excluding carboxylic acids is 1. The van der Waals surface area contributed by atoms with E-state index in [9.17, 15) is 9.90 Å². The Morgan fingerprint density at radius 3 is 2.60 bits per heavy atom. The summed E-state index contributed by atoms with van der Waals surface area (Å²) in [5.74, 6) is 0.698. The van der Waals surface area contributed by atoms with Gasteiger partial charge in [0.05, 0.1) is 12.5 Å². The molecule has 1 aliphatic carbocycles. The molecule has 3 rings (SSSR count). The van der Waals surface area contributed by atoms with Crippen LogP contribution >= 0.6 is 0 Å². The number of rotatable bonds is 2. The summed E-state index contributed by atoms with van der Waals surface area (Å²) in [5.41, 5.74) is 1.69. The van der Waals surface area contributed by atoms with E-state index in [2.05, 4.69) is 13.8 Å². The van der Waals surface area contributed by atoms with E-state index in [0.29, 0.717) is 6.42 Å². The third kappa shape index (κ3) is 2.16. The summed E-state index contributed by atoms with van der Waals surface area (Å²) in [6.07, 6.45) is 1.07. The second-order valence-corrected chi connectivity index (χ2v) is 6.52. The van der Waals surface area contributed by atoms with E-state index in [0.717, 1.165) is 23.3 Å². The summed E-state index contributed by atoms with van der Waals surface area (Å²) < 4.78 is 6.06. The van der Waals surface area contributed by atoms with Crippen LogP contribution in [0.3, 0.4) is 0 Å². The molecule has 0 aromatic heterocycles. The van der Waals surface area contributed by atoms with Crippen LogP contribution in [-0.2, 0) is 9.53 Å². The first-order chi connectivity index (χ1) is 9.52. The van der Waals surface area contributed by atoms with Gasteiger partial charge in [0, 0.05) is 18.4 Å². The highest BCUT2D eigenvalue weighted by atomic mass is 16.5. The molecule has 0 bridgehead atoms. The molecule has 0 saturated carbocycles. The molecule has 1 aliphatic heterocycles. The Bertz CT molecular complexity index is 557. The monoisotopic (exact) mass is 272 g/mol. The van der Waals surface area contributed by atoms with Crippen molar-refractivity contribution in [2.45, 2.75) is 32.8 Å². The molecule has 0 amide bonds. The van der Waals surface area contributed by atoms with Crippen LogP contribution in [0.15, 0.2) is 41.7 Å². The average molecular weight is 272 g/mol. The SMILES string of the molecule is CC1(C)CC(=O)C2=C(C1)O[C@@H](c1ccccc1)[C@H]2CO. The normalized spacial score (nSPS) is 28.2. The van der Waals surface area contributed by atoms with Crippen molar-refractivity contribution in [2.75, 3.05) is 6.61 Å². The molecule has 0 saturated heterocycles. The largest absolute Gasteiger partial charge is 0.489 e. The van der Waals surface area contributed by atoms with Crippen LogP contribution in [0.25, 0.3) is 0 Å². The Labute approximate surface area is 119 Å². The zero-order chi connectivity index (χ0) is 14.3. The van der Waals surface area contributed by atoms with Gasteiger partial charge in [0.1, 0.15) is 11.9 Å². The first kappa shape index (κ1) is 13.4. The van der Waals surface area contributed by atoms with E-state index >= 15 is 0 Å². The summed E-state index contributed by atoms with van der Waals surface area (Å²) in [4.78, 5) is 12.4. The molecule has 1 heterocycles. The minimum absolute atomic E-state index is 0.0510. The van der Waals surface area contributed by atoms with Gasteiger partial charge >= 0.3 is 0 Å². The molecule has 106 valence electrons. The molecular weight excluding hydrogens is 252 g/mol. The highest BCUT2D eigenvalue weighted by Gasteiger charge is 2.45. The van der Waals surface area contributed by atoms with Gasteiger partial charge in [0.2, 0.25) is 0 Å². The van der Waals surface area contributed by atoms with E-state index in [1.54, 1.807) is 0 Å². The number of ketones is 1. The molecule has 3 nitrogen and oxygen atoms in total. The standard InChI is InChI=1S/C17H20O3/c1-17(2)8-13(19)15-12(10-18)16(20-14(15)9-17)11-6-4-3-5-7-11/h3-7,12,16,18H,8-10H2,1-2H3/t12-,16-/m0/s1. The third-order valence-corrected chi connectivity index (χ3v) is 4.21. The second-order valence-electron chi connectivity index (χ2n) is 6.52. The quantitative estimate of drug-likeness (QED) is 0.900. The number of hydrogen-bond acceptors (Lipinski definition) is 3. The minimum atomic E-state index is -0.232. The molecule has 1 N–H and O–H groups in total. The number of carbonyl (C=O) groups is 1. The molecule has 0 spiro atoms.